The van der Waals surface area contributed by atoms with Gasteiger partial charge in [-0.05, 0) is 39.2 Å². The Morgan fingerprint density at radius 3 is 2.94 bits per heavy atom. The summed E-state index contributed by atoms with van der Waals surface area (Å²) in [5.74, 6) is 0. The Morgan fingerprint density at radius 2 is 2.33 bits per heavy atom. The predicted molar refractivity (Wildman–Crippen MR) is 70.5 cm³/mol. The fraction of sp³-hybridized carbons (Fsp3) is 0.786. The van der Waals surface area contributed by atoms with Crippen LogP contribution in [0.3, 0.4) is 0 Å². The molecule has 0 aliphatic carbocycles. The average molecular weight is 252 g/mol. The maximum Gasteiger partial charge on any atom is 0.0857 e. The molecule has 0 amide bonds. The van der Waals surface area contributed by atoms with E-state index >= 15 is 0 Å². The Hall–Kier alpha value is -0.870. The molecule has 0 radical (unpaired) electrons. The number of aromatic nitrogens is 2. The molecular weight excluding hydrogens is 228 g/mol. The number of aliphatic hydroxyl groups is 1. The first kappa shape index (κ1) is 13.6. The van der Waals surface area contributed by atoms with Gasteiger partial charge in [-0.15, -0.1) is 0 Å². The van der Waals surface area contributed by atoms with Gasteiger partial charge in [-0.25, -0.2) is 0 Å². The van der Waals surface area contributed by atoms with Crippen LogP contribution in [-0.2, 0) is 11.2 Å². The van der Waals surface area contributed by atoms with Crippen molar-refractivity contribution in [2.45, 2.75) is 70.8 Å². The molecule has 4 nitrogen and oxygen atoms in total. The van der Waals surface area contributed by atoms with E-state index in [1.54, 1.807) is 0 Å². The standard InChI is InChI=1S/C14H24N2O2/c1-4-10(2)16-8-7-12(15-16)9-13(17)14-6-5-11(3)18-14/h7-8,10-11,13-14,17H,4-6,9H2,1-3H3. The van der Waals surface area contributed by atoms with E-state index in [0.29, 0.717) is 12.5 Å². The monoisotopic (exact) mass is 252 g/mol. The molecule has 2 heterocycles. The van der Waals surface area contributed by atoms with Gasteiger partial charge in [0.15, 0.2) is 0 Å². The summed E-state index contributed by atoms with van der Waals surface area (Å²) in [6, 6.07) is 2.41. The fourth-order valence-corrected chi connectivity index (χ4v) is 2.38. The van der Waals surface area contributed by atoms with Crippen molar-refractivity contribution in [2.24, 2.45) is 0 Å². The van der Waals surface area contributed by atoms with Crippen LogP contribution in [0.4, 0.5) is 0 Å². The summed E-state index contributed by atoms with van der Waals surface area (Å²) in [7, 11) is 0. The summed E-state index contributed by atoms with van der Waals surface area (Å²) in [6.07, 6.45) is 5.46. The number of ether oxygens (including phenoxy) is 1. The topological polar surface area (TPSA) is 47.3 Å². The molecular formula is C14H24N2O2. The summed E-state index contributed by atoms with van der Waals surface area (Å²) >= 11 is 0. The van der Waals surface area contributed by atoms with E-state index in [1.165, 1.54) is 0 Å². The number of aliphatic hydroxyl groups excluding tert-OH is 1. The normalized spacial score (nSPS) is 27.3. The molecule has 18 heavy (non-hydrogen) atoms. The van der Waals surface area contributed by atoms with E-state index in [-0.39, 0.29) is 12.2 Å². The third-order valence-corrected chi connectivity index (χ3v) is 3.82. The Labute approximate surface area is 109 Å². The lowest BCUT2D eigenvalue weighted by Gasteiger charge is -2.17. The highest BCUT2D eigenvalue weighted by molar-refractivity contribution is 5.02. The van der Waals surface area contributed by atoms with Gasteiger partial charge < -0.3 is 9.84 Å². The zero-order chi connectivity index (χ0) is 13.1. The largest absolute Gasteiger partial charge is 0.390 e. The third-order valence-electron chi connectivity index (χ3n) is 3.82. The van der Waals surface area contributed by atoms with Crippen LogP contribution in [0.1, 0.15) is 51.8 Å². The molecule has 4 heteroatoms. The summed E-state index contributed by atoms with van der Waals surface area (Å²) in [6.45, 7) is 6.36. The van der Waals surface area contributed by atoms with Gasteiger partial charge in [-0.2, -0.15) is 5.10 Å². The Bertz CT molecular complexity index is 378. The first-order valence-electron chi connectivity index (χ1n) is 6.97. The molecule has 0 bridgehead atoms. The first-order valence-corrected chi connectivity index (χ1v) is 6.97. The van der Waals surface area contributed by atoms with Gasteiger partial charge >= 0.3 is 0 Å². The van der Waals surface area contributed by atoms with E-state index in [4.69, 9.17) is 4.74 Å². The minimum atomic E-state index is -0.435. The summed E-state index contributed by atoms with van der Waals surface area (Å²) in [5, 5.41) is 14.7. The second-order valence-corrected chi connectivity index (χ2v) is 5.38. The Morgan fingerprint density at radius 1 is 1.56 bits per heavy atom. The highest BCUT2D eigenvalue weighted by Crippen LogP contribution is 2.23. The lowest BCUT2D eigenvalue weighted by Crippen LogP contribution is -2.28. The van der Waals surface area contributed by atoms with Crippen LogP contribution >= 0.6 is 0 Å². The molecule has 0 aromatic carbocycles. The van der Waals surface area contributed by atoms with Gasteiger partial charge in [0, 0.05) is 18.7 Å². The van der Waals surface area contributed by atoms with Crippen molar-refractivity contribution in [3.63, 3.8) is 0 Å². The van der Waals surface area contributed by atoms with Gasteiger partial charge in [-0.1, -0.05) is 6.92 Å². The minimum Gasteiger partial charge on any atom is -0.390 e. The second kappa shape index (κ2) is 5.85. The van der Waals surface area contributed by atoms with Crippen LogP contribution < -0.4 is 0 Å². The summed E-state index contributed by atoms with van der Waals surface area (Å²) < 4.78 is 7.66. The lowest BCUT2D eigenvalue weighted by atomic mass is 10.1. The van der Waals surface area contributed by atoms with Gasteiger partial charge in [0.2, 0.25) is 0 Å². The van der Waals surface area contributed by atoms with Crippen molar-refractivity contribution in [1.82, 2.24) is 9.78 Å². The van der Waals surface area contributed by atoms with Crippen molar-refractivity contribution >= 4 is 0 Å². The van der Waals surface area contributed by atoms with Crippen molar-refractivity contribution < 1.29 is 9.84 Å². The molecule has 1 fully saturated rings. The summed E-state index contributed by atoms with van der Waals surface area (Å²) in [5.41, 5.74) is 0.950. The SMILES string of the molecule is CCC(C)n1ccc(CC(O)C2CCC(C)O2)n1. The molecule has 1 N–H and O–H groups in total. The van der Waals surface area contributed by atoms with Crippen molar-refractivity contribution in [2.75, 3.05) is 0 Å². The third kappa shape index (κ3) is 3.12. The van der Waals surface area contributed by atoms with Crippen molar-refractivity contribution in [3.8, 4) is 0 Å². The van der Waals surface area contributed by atoms with E-state index in [1.807, 2.05) is 16.9 Å². The van der Waals surface area contributed by atoms with Crippen molar-refractivity contribution in [3.05, 3.63) is 18.0 Å². The van der Waals surface area contributed by atoms with E-state index < -0.39 is 6.10 Å². The highest BCUT2D eigenvalue weighted by Gasteiger charge is 2.28. The van der Waals surface area contributed by atoms with Crippen LogP contribution in [-0.4, -0.2) is 33.2 Å². The maximum absolute atomic E-state index is 10.2. The number of hydrogen-bond acceptors (Lipinski definition) is 3. The Kier molecular flexibility index (Phi) is 4.40. The molecule has 102 valence electrons. The lowest BCUT2D eigenvalue weighted by molar-refractivity contribution is -0.0282. The molecule has 1 aliphatic rings. The van der Waals surface area contributed by atoms with Gasteiger partial charge in [0.05, 0.1) is 24.0 Å². The number of nitrogens with zero attached hydrogens (tertiary/aromatic N) is 2. The predicted octanol–water partition coefficient (Wildman–Crippen LogP) is 2.33. The van der Waals surface area contributed by atoms with Crippen LogP contribution in [0.25, 0.3) is 0 Å². The Balaban J connectivity index is 1.91. The molecule has 4 unspecified atom stereocenters. The van der Waals surface area contributed by atoms with E-state index in [0.717, 1.165) is 25.0 Å². The zero-order valence-electron chi connectivity index (χ0n) is 11.5. The molecule has 0 spiro atoms. The molecule has 1 saturated heterocycles. The number of rotatable bonds is 5. The van der Waals surface area contributed by atoms with Gasteiger partial charge in [0.1, 0.15) is 0 Å². The fourth-order valence-electron chi connectivity index (χ4n) is 2.38. The molecule has 2 rings (SSSR count). The van der Waals surface area contributed by atoms with Crippen LogP contribution in [0.2, 0.25) is 0 Å². The molecule has 1 aliphatic heterocycles. The van der Waals surface area contributed by atoms with Crippen molar-refractivity contribution in [1.29, 1.82) is 0 Å². The maximum atomic E-state index is 10.2. The first-order chi connectivity index (χ1) is 8.60. The van der Waals surface area contributed by atoms with Crippen LogP contribution in [0.5, 0.6) is 0 Å². The summed E-state index contributed by atoms with van der Waals surface area (Å²) in [4.78, 5) is 0. The van der Waals surface area contributed by atoms with E-state index in [2.05, 4.69) is 25.9 Å². The van der Waals surface area contributed by atoms with E-state index in [9.17, 15) is 5.11 Å². The molecule has 4 atom stereocenters. The molecule has 0 saturated carbocycles. The van der Waals surface area contributed by atoms with Crippen LogP contribution in [0, 0.1) is 0 Å². The number of hydrogen-bond donors (Lipinski definition) is 1. The minimum absolute atomic E-state index is 0.0197. The quantitative estimate of drug-likeness (QED) is 0.875. The smallest absolute Gasteiger partial charge is 0.0857 e. The van der Waals surface area contributed by atoms with Crippen LogP contribution in [0.15, 0.2) is 12.3 Å². The van der Waals surface area contributed by atoms with Gasteiger partial charge in [0.25, 0.3) is 0 Å². The molecule has 1 aromatic rings. The second-order valence-electron chi connectivity index (χ2n) is 5.38. The van der Waals surface area contributed by atoms with Gasteiger partial charge in [-0.3, -0.25) is 4.68 Å². The zero-order valence-corrected chi connectivity index (χ0v) is 11.5. The highest BCUT2D eigenvalue weighted by atomic mass is 16.5. The molecule has 1 aromatic heterocycles. The average Bonchev–Trinajstić information content (AvgIpc) is 2.97.